The van der Waals surface area contributed by atoms with E-state index in [0.717, 1.165) is 0 Å². The first-order valence-electron chi connectivity index (χ1n) is 5.26. The van der Waals surface area contributed by atoms with Crippen LogP contribution in [0.25, 0.3) is 0 Å². The van der Waals surface area contributed by atoms with Crippen LogP contribution in [0.15, 0.2) is 0 Å². The van der Waals surface area contributed by atoms with Crippen molar-refractivity contribution in [2.24, 2.45) is 10.8 Å². The molecule has 0 aromatic heterocycles. The van der Waals surface area contributed by atoms with Gasteiger partial charge in [-0.3, -0.25) is 9.59 Å². The van der Waals surface area contributed by atoms with Crippen LogP contribution in [0.2, 0.25) is 0 Å². The van der Waals surface area contributed by atoms with Crippen LogP contribution in [0.3, 0.4) is 0 Å². The molecule has 2 bridgehead atoms. The Morgan fingerprint density at radius 1 is 1.12 bits per heavy atom. The highest BCUT2D eigenvalue weighted by Crippen LogP contribution is 2.43. The Hall–Kier alpha value is -1.14. The number of carboxylic acids is 2. The second kappa shape index (κ2) is 3.43. The van der Waals surface area contributed by atoms with Gasteiger partial charge >= 0.3 is 11.9 Å². The van der Waals surface area contributed by atoms with Crippen LogP contribution in [0.4, 0.5) is 0 Å². The Kier molecular flexibility index (Phi) is 2.43. The molecule has 2 saturated heterocycles. The number of aliphatic carboxylic acids is 2. The zero-order valence-electron chi connectivity index (χ0n) is 9.19. The summed E-state index contributed by atoms with van der Waals surface area (Å²) < 4.78 is 0. The largest absolute Gasteiger partial charge is 0.481 e. The highest BCUT2D eigenvalue weighted by atomic mass is 16.4. The third-order valence-electron chi connectivity index (χ3n) is 3.66. The number of piperidine rings is 2. The Labute approximate surface area is 93.2 Å². The van der Waals surface area contributed by atoms with Crippen molar-refractivity contribution in [3.63, 3.8) is 0 Å². The van der Waals surface area contributed by atoms with E-state index in [-0.39, 0.29) is 6.42 Å². The molecule has 2 aliphatic rings. The number of rotatable bonds is 2. The molecule has 2 rings (SSSR count). The Morgan fingerprint density at radius 2 is 1.56 bits per heavy atom. The minimum absolute atomic E-state index is 0.224. The predicted octanol–water partition coefficient (Wildman–Crippen LogP) is -0.933. The summed E-state index contributed by atoms with van der Waals surface area (Å²) in [6, 6.07) is 0. The molecular formula is C10H16N2O4. The first-order valence-corrected chi connectivity index (χ1v) is 5.26. The van der Waals surface area contributed by atoms with E-state index in [4.69, 9.17) is 0 Å². The van der Waals surface area contributed by atoms with E-state index in [1.165, 1.54) is 0 Å². The number of fused-ring (bicyclic) bond motifs is 2. The number of nitrogens with one attached hydrogen (secondary N) is 1. The molecule has 0 aromatic rings. The summed E-state index contributed by atoms with van der Waals surface area (Å²) in [5.41, 5.74) is -1.91. The maximum absolute atomic E-state index is 11.3. The number of carbonyl (C=O) groups is 2. The number of likely N-dealkylation sites (tertiary alicyclic amines) is 1. The summed E-state index contributed by atoms with van der Waals surface area (Å²) >= 11 is 0. The Bertz CT molecular complexity index is 316. The van der Waals surface area contributed by atoms with E-state index in [0.29, 0.717) is 26.2 Å². The summed E-state index contributed by atoms with van der Waals surface area (Å²) in [5.74, 6) is -1.81. The van der Waals surface area contributed by atoms with E-state index in [2.05, 4.69) is 5.32 Å². The van der Waals surface area contributed by atoms with E-state index in [9.17, 15) is 19.8 Å². The van der Waals surface area contributed by atoms with Crippen molar-refractivity contribution in [2.75, 3.05) is 33.2 Å². The number of nitrogens with zero attached hydrogens (tertiary/aromatic N) is 1. The van der Waals surface area contributed by atoms with Gasteiger partial charge in [-0.1, -0.05) is 0 Å². The lowest BCUT2D eigenvalue weighted by molar-refractivity contribution is -0.170. The molecule has 6 heteroatoms. The van der Waals surface area contributed by atoms with E-state index in [1.54, 1.807) is 7.05 Å². The molecule has 16 heavy (non-hydrogen) atoms. The van der Waals surface area contributed by atoms with Crippen molar-refractivity contribution in [2.45, 2.75) is 6.42 Å². The zero-order valence-corrected chi connectivity index (χ0v) is 9.19. The fourth-order valence-corrected chi connectivity index (χ4v) is 3.06. The smallest absolute Gasteiger partial charge is 0.312 e. The van der Waals surface area contributed by atoms with Gasteiger partial charge in [-0.15, -0.1) is 0 Å². The molecule has 0 spiro atoms. The quantitative estimate of drug-likeness (QED) is 0.565. The van der Waals surface area contributed by atoms with Gasteiger partial charge in [-0.2, -0.15) is 0 Å². The molecule has 0 aromatic carbocycles. The maximum Gasteiger partial charge on any atom is 0.312 e. The lowest BCUT2D eigenvalue weighted by atomic mass is 9.64. The SMILES string of the molecule is CN1CC2(C(=O)O)CNCC(C(=O)O)(C1)C2. The van der Waals surface area contributed by atoms with Gasteiger partial charge in [0.2, 0.25) is 0 Å². The number of hydrogen-bond donors (Lipinski definition) is 3. The fraction of sp³-hybridized carbons (Fsp3) is 0.800. The normalized spacial score (nSPS) is 39.3. The second-order valence-corrected chi connectivity index (χ2v) is 5.12. The summed E-state index contributed by atoms with van der Waals surface area (Å²) in [4.78, 5) is 24.5. The molecule has 0 amide bonds. The van der Waals surface area contributed by atoms with Crippen molar-refractivity contribution in [3.8, 4) is 0 Å². The topological polar surface area (TPSA) is 89.9 Å². The molecule has 2 atom stereocenters. The molecule has 2 unspecified atom stereocenters. The molecule has 90 valence electrons. The first kappa shape index (κ1) is 11.3. The van der Waals surface area contributed by atoms with Crippen LogP contribution in [-0.4, -0.2) is 60.3 Å². The van der Waals surface area contributed by atoms with Crippen LogP contribution >= 0.6 is 0 Å². The molecule has 2 fully saturated rings. The molecule has 3 N–H and O–H groups in total. The van der Waals surface area contributed by atoms with Gasteiger partial charge in [-0.25, -0.2) is 0 Å². The molecular weight excluding hydrogens is 212 g/mol. The standard InChI is InChI=1S/C10H16N2O4/c1-12-5-9(7(13)14)2-10(6-12,8(15)16)4-11-3-9/h11H,2-6H2,1H3,(H,13,14)(H,15,16). The van der Waals surface area contributed by atoms with Crippen LogP contribution in [0.1, 0.15) is 6.42 Å². The summed E-state index contributed by atoms with van der Waals surface area (Å²) in [7, 11) is 1.78. The summed E-state index contributed by atoms with van der Waals surface area (Å²) in [6.45, 7) is 1.51. The number of carboxylic acid groups (broad SMARTS) is 2. The van der Waals surface area contributed by atoms with Gasteiger partial charge in [0, 0.05) is 26.2 Å². The Morgan fingerprint density at radius 3 is 1.94 bits per heavy atom. The highest BCUT2D eigenvalue weighted by molar-refractivity contribution is 5.81. The Balaban J connectivity index is 2.37. The monoisotopic (exact) mass is 228 g/mol. The lowest BCUT2D eigenvalue weighted by Crippen LogP contribution is -2.67. The van der Waals surface area contributed by atoms with E-state index >= 15 is 0 Å². The van der Waals surface area contributed by atoms with E-state index in [1.807, 2.05) is 4.90 Å². The van der Waals surface area contributed by atoms with Gasteiger partial charge in [0.15, 0.2) is 0 Å². The molecule has 0 aliphatic carbocycles. The molecule has 0 radical (unpaired) electrons. The first-order chi connectivity index (χ1) is 7.40. The average molecular weight is 228 g/mol. The lowest BCUT2D eigenvalue weighted by Gasteiger charge is -2.51. The van der Waals surface area contributed by atoms with Crippen LogP contribution in [0.5, 0.6) is 0 Å². The van der Waals surface area contributed by atoms with Gasteiger partial charge < -0.3 is 20.4 Å². The highest BCUT2D eigenvalue weighted by Gasteiger charge is 2.57. The van der Waals surface area contributed by atoms with Crippen LogP contribution in [-0.2, 0) is 9.59 Å². The van der Waals surface area contributed by atoms with Crippen molar-refractivity contribution in [1.82, 2.24) is 10.2 Å². The zero-order chi connectivity index (χ0) is 12.0. The van der Waals surface area contributed by atoms with Crippen molar-refractivity contribution in [1.29, 1.82) is 0 Å². The van der Waals surface area contributed by atoms with Crippen molar-refractivity contribution < 1.29 is 19.8 Å². The van der Waals surface area contributed by atoms with Gasteiger partial charge in [-0.05, 0) is 13.5 Å². The molecule has 2 heterocycles. The second-order valence-electron chi connectivity index (χ2n) is 5.12. The van der Waals surface area contributed by atoms with Crippen molar-refractivity contribution in [3.05, 3.63) is 0 Å². The van der Waals surface area contributed by atoms with Gasteiger partial charge in [0.05, 0.1) is 10.8 Å². The minimum Gasteiger partial charge on any atom is -0.481 e. The average Bonchev–Trinajstić information content (AvgIpc) is 2.16. The summed E-state index contributed by atoms with van der Waals surface area (Å²) in [5, 5.41) is 21.6. The summed E-state index contributed by atoms with van der Waals surface area (Å²) in [6.07, 6.45) is 0.224. The third-order valence-corrected chi connectivity index (χ3v) is 3.66. The van der Waals surface area contributed by atoms with Gasteiger partial charge in [0.25, 0.3) is 0 Å². The van der Waals surface area contributed by atoms with Gasteiger partial charge in [0.1, 0.15) is 0 Å². The van der Waals surface area contributed by atoms with Crippen molar-refractivity contribution >= 4 is 11.9 Å². The predicted molar refractivity (Wildman–Crippen MR) is 55.1 cm³/mol. The third kappa shape index (κ3) is 1.49. The fourth-order valence-electron chi connectivity index (χ4n) is 3.06. The van der Waals surface area contributed by atoms with E-state index < -0.39 is 22.8 Å². The van der Waals surface area contributed by atoms with Crippen LogP contribution in [0, 0.1) is 10.8 Å². The molecule has 6 nitrogen and oxygen atoms in total. The molecule has 2 aliphatic heterocycles. The maximum atomic E-state index is 11.3. The minimum atomic E-state index is -0.955. The molecule has 0 saturated carbocycles. The van der Waals surface area contributed by atoms with Crippen LogP contribution < -0.4 is 5.32 Å². The number of hydrogen-bond acceptors (Lipinski definition) is 4.